The number of hydrogen-bond donors (Lipinski definition) is 1. The van der Waals surface area contributed by atoms with Crippen molar-refractivity contribution in [2.75, 3.05) is 7.11 Å². The van der Waals surface area contributed by atoms with Gasteiger partial charge >= 0.3 is 0 Å². The van der Waals surface area contributed by atoms with Gasteiger partial charge in [-0.3, -0.25) is 0 Å². The molecule has 1 heterocycles. The van der Waals surface area contributed by atoms with Gasteiger partial charge in [-0.05, 0) is 36.3 Å². The lowest BCUT2D eigenvalue weighted by Crippen LogP contribution is -2.17. The van der Waals surface area contributed by atoms with E-state index in [9.17, 15) is 0 Å². The molecule has 0 radical (unpaired) electrons. The fourth-order valence-corrected chi connectivity index (χ4v) is 2.49. The maximum absolute atomic E-state index is 6.19. The third-order valence-electron chi connectivity index (χ3n) is 2.95. The van der Waals surface area contributed by atoms with Gasteiger partial charge in [0.05, 0.1) is 6.04 Å². The molecule has 0 amide bonds. The van der Waals surface area contributed by atoms with E-state index >= 15 is 0 Å². The molecule has 0 aliphatic rings. The lowest BCUT2D eigenvalue weighted by atomic mass is 9.83. The van der Waals surface area contributed by atoms with Crippen molar-refractivity contribution in [2.24, 2.45) is 17.1 Å². The van der Waals surface area contributed by atoms with E-state index in [0.717, 1.165) is 17.9 Å². The Balaban J connectivity index is 2.50. The van der Waals surface area contributed by atoms with Gasteiger partial charge < -0.3 is 14.9 Å². The van der Waals surface area contributed by atoms with Crippen molar-refractivity contribution in [3.8, 4) is 0 Å². The van der Waals surface area contributed by atoms with Crippen LogP contribution in [0.2, 0.25) is 0 Å². The average molecular weight is 253 g/mol. The predicted molar refractivity (Wildman–Crippen MR) is 74.2 cm³/mol. The molecule has 0 aliphatic carbocycles. The zero-order valence-corrected chi connectivity index (χ0v) is 12.3. The minimum absolute atomic E-state index is 0.0204. The van der Waals surface area contributed by atoms with Gasteiger partial charge in [0.1, 0.15) is 18.1 Å². The summed E-state index contributed by atoms with van der Waals surface area (Å²) in [5, 5.41) is 0. The van der Waals surface area contributed by atoms with Crippen molar-refractivity contribution < 1.29 is 9.15 Å². The van der Waals surface area contributed by atoms with Crippen LogP contribution in [0.25, 0.3) is 0 Å². The fourth-order valence-electron chi connectivity index (χ4n) is 2.49. The smallest absolute Gasteiger partial charge is 0.129 e. The number of furan rings is 1. The van der Waals surface area contributed by atoms with E-state index in [1.807, 2.05) is 12.1 Å². The summed E-state index contributed by atoms with van der Waals surface area (Å²) in [5.41, 5.74) is 6.54. The Labute approximate surface area is 111 Å². The van der Waals surface area contributed by atoms with Crippen LogP contribution in [-0.2, 0) is 11.3 Å². The summed E-state index contributed by atoms with van der Waals surface area (Å²) < 4.78 is 10.7. The van der Waals surface area contributed by atoms with Crippen LogP contribution in [0.5, 0.6) is 0 Å². The first-order chi connectivity index (χ1) is 8.31. The summed E-state index contributed by atoms with van der Waals surface area (Å²) in [7, 11) is 1.66. The van der Waals surface area contributed by atoms with E-state index in [1.54, 1.807) is 7.11 Å². The Bertz CT molecular complexity index is 352. The van der Waals surface area contributed by atoms with E-state index in [4.69, 9.17) is 14.9 Å². The van der Waals surface area contributed by atoms with Gasteiger partial charge in [0.2, 0.25) is 0 Å². The summed E-state index contributed by atoms with van der Waals surface area (Å²) in [4.78, 5) is 0. The molecule has 2 atom stereocenters. The van der Waals surface area contributed by atoms with Gasteiger partial charge in [0, 0.05) is 7.11 Å². The second kappa shape index (κ2) is 6.39. The minimum Gasteiger partial charge on any atom is -0.462 e. The van der Waals surface area contributed by atoms with Crippen LogP contribution in [0.3, 0.4) is 0 Å². The molecule has 3 heteroatoms. The van der Waals surface area contributed by atoms with Crippen molar-refractivity contribution in [1.82, 2.24) is 0 Å². The van der Waals surface area contributed by atoms with Gasteiger partial charge in [-0.1, -0.05) is 27.7 Å². The number of rotatable bonds is 6. The number of nitrogens with two attached hydrogens (primary N) is 1. The van der Waals surface area contributed by atoms with Crippen LogP contribution in [0.1, 0.15) is 58.1 Å². The Morgan fingerprint density at radius 1 is 1.33 bits per heavy atom. The van der Waals surface area contributed by atoms with Crippen molar-refractivity contribution in [3.05, 3.63) is 23.7 Å². The van der Waals surface area contributed by atoms with Crippen LogP contribution in [-0.4, -0.2) is 7.11 Å². The Kier molecular flexibility index (Phi) is 5.42. The zero-order chi connectivity index (χ0) is 13.8. The van der Waals surface area contributed by atoms with Crippen LogP contribution in [0.4, 0.5) is 0 Å². The van der Waals surface area contributed by atoms with Crippen LogP contribution < -0.4 is 5.73 Å². The monoisotopic (exact) mass is 253 g/mol. The highest BCUT2D eigenvalue weighted by molar-refractivity contribution is 5.10. The molecule has 2 N–H and O–H groups in total. The summed E-state index contributed by atoms with van der Waals surface area (Å²) >= 11 is 0. The lowest BCUT2D eigenvalue weighted by Gasteiger charge is -2.24. The first kappa shape index (κ1) is 15.3. The molecule has 2 unspecified atom stereocenters. The van der Waals surface area contributed by atoms with Gasteiger partial charge in [0.25, 0.3) is 0 Å². The molecule has 0 saturated carbocycles. The Morgan fingerprint density at radius 2 is 2.00 bits per heavy atom. The SMILES string of the molecule is COCc1ccc(C(N)CC(C)CC(C)(C)C)o1. The summed E-state index contributed by atoms with van der Waals surface area (Å²) in [6.45, 7) is 9.55. The standard InChI is InChI=1S/C15H27NO2/c1-11(9-15(2,3)4)8-13(16)14-7-6-12(18-14)10-17-5/h6-7,11,13H,8-10,16H2,1-5H3. The van der Waals surface area contributed by atoms with Crippen LogP contribution >= 0.6 is 0 Å². The van der Waals surface area contributed by atoms with Crippen molar-refractivity contribution >= 4 is 0 Å². The van der Waals surface area contributed by atoms with E-state index in [1.165, 1.54) is 6.42 Å². The van der Waals surface area contributed by atoms with Gasteiger partial charge in [0.15, 0.2) is 0 Å². The zero-order valence-electron chi connectivity index (χ0n) is 12.3. The molecule has 18 heavy (non-hydrogen) atoms. The Hall–Kier alpha value is -0.800. The third kappa shape index (κ3) is 5.23. The molecule has 0 spiro atoms. The quantitative estimate of drug-likeness (QED) is 0.836. The molecule has 1 aromatic heterocycles. The summed E-state index contributed by atoms with van der Waals surface area (Å²) in [6, 6.07) is 3.88. The highest BCUT2D eigenvalue weighted by atomic mass is 16.5. The van der Waals surface area contributed by atoms with Crippen molar-refractivity contribution in [3.63, 3.8) is 0 Å². The third-order valence-corrected chi connectivity index (χ3v) is 2.95. The number of hydrogen-bond acceptors (Lipinski definition) is 3. The molecular weight excluding hydrogens is 226 g/mol. The molecule has 104 valence electrons. The van der Waals surface area contributed by atoms with E-state index in [0.29, 0.717) is 17.9 Å². The molecule has 0 saturated heterocycles. The molecule has 0 fully saturated rings. The summed E-state index contributed by atoms with van der Waals surface area (Å²) in [5.74, 6) is 2.30. The second-order valence-electron chi connectivity index (χ2n) is 6.45. The van der Waals surface area contributed by atoms with Crippen molar-refractivity contribution in [2.45, 2.75) is 53.2 Å². The van der Waals surface area contributed by atoms with E-state index < -0.39 is 0 Å². The molecule has 1 aromatic rings. The lowest BCUT2D eigenvalue weighted by molar-refractivity contribution is 0.161. The maximum atomic E-state index is 6.19. The average Bonchev–Trinajstić information content (AvgIpc) is 2.63. The van der Waals surface area contributed by atoms with Gasteiger partial charge in [-0.15, -0.1) is 0 Å². The first-order valence-corrected chi connectivity index (χ1v) is 6.65. The first-order valence-electron chi connectivity index (χ1n) is 6.65. The fraction of sp³-hybridized carbons (Fsp3) is 0.733. The van der Waals surface area contributed by atoms with E-state index in [2.05, 4.69) is 27.7 Å². The molecular formula is C15H27NO2. The normalized spacial score (nSPS) is 15.7. The largest absolute Gasteiger partial charge is 0.462 e. The van der Waals surface area contributed by atoms with Crippen LogP contribution in [0.15, 0.2) is 16.5 Å². The minimum atomic E-state index is -0.0204. The molecule has 3 nitrogen and oxygen atoms in total. The molecule has 0 aromatic carbocycles. The highest BCUT2D eigenvalue weighted by Gasteiger charge is 2.19. The van der Waals surface area contributed by atoms with Crippen LogP contribution in [0, 0.1) is 11.3 Å². The summed E-state index contributed by atoms with van der Waals surface area (Å²) in [6.07, 6.45) is 2.13. The maximum Gasteiger partial charge on any atom is 0.129 e. The number of methoxy groups -OCH3 is 1. The molecule has 0 aliphatic heterocycles. The molecule has 0 bridgehead atoms. The number of ether oxygens (including phenoxy) is 1. The van der Waals surface area contributed by atoms with Gasteiger partial charge in [-0.2, -0.15) is 0 Å². The molecule has 1 rings (SSSR count). The second-order valence-corrected chi connectivity index (χ2v) is 6.45. The van der Waals surface area contributed by atoms with Gasteiger partial charge in [-0.25, -0.2) is 0 Å². The predicted octanol–water partition coefficient (Wildman–Crippen LogP) is 3.89. The highest BCUT2D eigenvalue weighted by Crippen LogP contribution is 2.30. The van der Waals surface area contributed by atoms with E-state index in [-0.39, 0.29) is 6.04 Å². The Morgan fingerprint density at radius 3 is 2.56 bits per heavy atom. The topological polar surface area (TPSA) is 48.4 Å². The van der Waals surface area contributed by atoms with Crippen molar-refractivity contribution in [1.29, 1.82) is 0 Å².